The van der Waals surface area contributed by atoms with Gasteiger partial charge in [-0.1, -0.05) is 6.07 Å². The standard InChI is InChI=1S/C14H15F2N3O3/c1-19(8-10-4-3-7-21-10)14(20)18-12-5-2-6-13(17-12)22-9-11(15)16/h2-7,11H,8-9H2,1H3,(H,17,18,20). The van der Waals surface area contributed by atoms with Crippen LogP contribution in [0.4, 0.5) is 19.4 Å². The van der Waals surface area contributed by atoms with Gasteiger partial charge in [-0.2, -0.15) is 4.98 Å². The maximum atomic E-state index is 12.1. The number of urea groups is 1. The van der Waals surface area contributed by atoms with Crippen LogP contribution in [0.2, 0.25) is 0 Å². The number of pyridine rings is 1. The number of hydrogen-bond acceptors (Lipinski definition) is 4. The molecule has 0 saturated heterocycles. The van der Waals surface area contributed by atoms with E-state index in [1.165, 1.54) is 23.3 Å². The van der Waals surface area contributed by atoms with Crippen LogP contribution in [0.25, 0.3) is 0 Å². The second-order valence-corrected chi connectivity index (χ2v) is 4.43. The lowest BCUT2D eigenvalue weighted by Gasteiger charge is -2.16. The number of alkyl halides is 2. The van der Waals surface area contributed by atoms with Gasteiger partial charge in [0.1, 0.15) is 11.6 Å². The van der Waals surface area contributed by atoms with Crippen LogP contribution < -0.4 is 10.1 Å². The molecule has 6 nitrogen and oxygen atoms in total. The van der Waals surface area contributed by atoms with E-state index >= 15 is 0 Å². The third-order valence-electron chi connectivity index (χ3n) is 2.64. The Hall–Kier alpha value is -2.64. The van der Waals surface area contributed by atoms with Crippen molar-refractivity contribution >= 4 is 11.8 Å². The number of furan rings is 1. The summed E-state index contributed by atoms with van der Waals surface area (Å²) in [6.45, 7) is -0.455. The highest BCUT2D eigenvalue weighted by Crippen LogP contribution is 2.13. The van der Waals surface area contributed by atoms with Gasteiger partial charge in [0, 0.05) is 13.1 Å². The first kappa shape index (κ1) is 15.7. The number of carbonyl (C=O) groups is 1. The molecule has 0 atom stereocenters. The van der Waals surface area contributed by atoms with Gasteiger partial charge in [-0.05, 0) is 18.2 Å². The first-order valence-electron chi connectivity index (χ1n) is 6.47. The predicted molar refractivity (Wildman–Crippen MR) is 74.9 cm³/mol. The lowest BCUT2D eigenvalue weighted by molar-refractivity contribution is 0.0796. The summed E-state index contributed by atoms with van der Waals surface area (Å²) in [4.78, 5) is 17.3. The van der Waals surface area contributed by atoms with Crippen molar-refractivity contribution in [2.75, 3.05) is 19.0 Å². The summed E-state index contributed by atoms with van der Waals surface area (Å²) in [5.41, 5.74) is 0. The van der Waals surface area contributed by atoms with Gasteiger partial charge in [0.25, 0.3) is 6.43 Å². The molecule has 0 aliphatic rings. The fraction of sp³-hybridized carbons (Fsp3) is 0.286. The Morgan fingerprint density at radius 1 is 1.41 bits per heavy atom. The van der Waals surface area contributed by atoms with E-state index in [2.05, 4.69) is 10.3 Å². The molecule has 0 unspecified atom stereocenters. The second-order valence-electron chi connectivity index (χ2n) is 4.43. The van der Waals surface area contributed by atoms with Crippen molar-refractivity contribution in [1.29, 1.82) is 0 Å². The molecular formula is C14H15F2N3O3. The lowest BCUT2D eigenvalue weighted by atomic mass is 10.4. The van der Waals surface area contributed by atoms with Crippen LogP contribution >= 0.6 is 0 Å². The Morgan fingerprint density at radius 3 is 2.91 bits per heavy atom. The van der Waals surface area contributed by atoms with Crippen LogP contribution in [0.5, 0.6) is 5.88 Å². The Labute approximate surface area is 125 Å². The average molecular weight is 311 g/mol. The molecule has 1 N–H and O–H groups in total. The molecule has 0 fully saturated rings. The van der Waals surface area contributed by atoms with Crippen LogP contribution in [0.3, 0.4) is 0 Å². The molecule has 2 rings (SSSR count). The molecule has 2 heterocycles. The fourth-order valence-corrected chi connectivity index (χ4v) is 1.63. The van der Waals surface area contributed by atoms with E-state index in [1.54, 1.807) is 25.2 Å². The molecule has 2 aromatic heterocycles. The van der Waals surface area contributed by atoms with E-state index in [0.717, 1.165) is 0 Å². The monoisotopic (exact) mass is 311 g/mol. The summed E-state index contributed by atoms with van der Waals surface area (Å²) in [6.07, 6.45) is -1.06. The van der Waals surface area contributed by atoms with Gasteiger partial charge >= 0.3 is 6.03 Å². The first-order chi connectivity index (χ1) is 10.5. The van der Waals surface area contributed by atoms with Gasteiger partial charge in [-0.3, -0.25) is 5.32 Å². The molecule has 0 radical (unpaired) electrons. The van der Waals surface area contributed by atoms with Crippen molar-refractivity contribution in [3.63, 3.8) is 0 Å². The molecule has 0 bridgehead atoms. The Morgan fingerprint density at radius 2 is 2.23 bits per heavy atom. The van der Waals surface area contributed by atoms with Crippen molar-refractivity contribution in [2.24, 2.45) is 0 Å². The molecule has 118 valence electrons. The van der Waals surface area contributed by atoms with Gasteiger partial charge < -0.3 is 14.1 Å². The van der Waals surface area contributed by atoms with Gasteiger partial charge in [-0.25, -0.2) is 13.6 Å². The summed E-state index contributed by atoms with van der Waals surface area (Å²) in [5.74, 6) is 0.870. The van der Waals surface area contributed by atoms with E-state index in [-0.39, 0.29) is 11.7 Å². The normalized spacial score (nSPS) is 10.5. The Bertz CT molecular complexity index is 605. The number of rotatable bonds is 6. The maximum absolute atomic E-state index is 12.1. The van der Waals surface area contributed by atoms with Gasteiger partial charge in [0.15, 0.2) is 6.61 Å². The van der Waals surface area contributed by atoms with Crippen molar-refractivity contribution < 1.29 is 22.7 Å². The minimum atomic E-state index is -2.58. The molecule has 0 aliphatic heterocycles. The molecule has 0 aromatic carbocycles. The summed E-state index contributed by atoms with van der Waals surface area (Å²) in [5, 5.41) is 2.55. The van der Waals surface area contributed by atoms with Gasteiger partial charge in [-0.15, -0.1) is 0 Å². The molecule has 2 aromatic rings. The Kier molecular flexibility index (Phi) is 5.29. The predicted octanol–water partition coefficient (Wildman–Crippen LogP) is 2.98. The number of hydrogen-bond donors (Lipinski definition) is 1. The van der Waals surface area contributed by atoms with Gasteiger partial charge in [0.05, 0.1) is 12.8 Å². The zero-order valence-electron chi connectivity index (χ0n) is 11.8. The highest BCUT2D eigenvalue weighted by Gasteiger charge is 2.12. The molecular weight excluding hydrogens is 296 g/mol. The largest absolute Gasteiger partial charge is 0.472 e. The second kappa shape index (κ2) is 7.39. The van der Waals surface area contributed by atoms with E-state index in [9.17, 15) is 13.6 Å². The van der Waals surface area contributed by atoms with Crippen molar-refractivity contribution in [1.82, 2.24) is 9.88 Å². The fourth-order valence-electron chi connectivity index (χ4n) is 1.63. The highest BCUT2D eigenvalue weighted by atomic mass is 19.3. The van der Waals surface area contributed by atoms with Crippen LogP contribution in [-0.2, 0) is 6.54 Å². The number of nitrogens with zero attached hydrogens (tertiary/aromatic N) is 2. The minimum absolute atomic E-state index is 0.0202. The number of nitrogens with one attached hydrogen (secondary N) is 1. The summed E-state index contributed by atoms with van der Waals surface area (Å²) < 4.78 is 34.1. The molecule has 8 heteroatoms. The molecule has 0 aliphatic carbocycles. The highest BCUT2D eigenvalue weighted by molar-refractivity contribution is 5.88. The van der Waals surface area contributed by atoms with Crippen LogP contribution in [0.1, 0.15) is 5.76 Å². The SMILES string of the molecule is CN(Cc1ccco1)C(=O)Nc1cccc(OCC(F)F)n1. The molecule has 2 amide bonds. The van der Waals surface area contributed by atoms with Crippen molar-refractivity contribution in [3.8, 4) is 5.88 Å². The van der Waals surface area contributed by atoms with Crippen LogP contribution in [0.15, 0.2) is 41.0 Å². The summed E-state index contributed by atoms with van der Waals surface area (Å²) >= 11 is 0. The Balaban J connectivity index is 1.91. The third kappa shape index (κ3) is 4.72. The van der Waals surface area contributed by atoms with E-state index in [1.807, 2.05) is 0 Å². The smallest absolute Gasteiger partial charge is 0.323 e. The summed E-state index contributed by atoms with van der Waals surface area (Å²) in [7, 11) is 1.59. The van der Waals surface area contributed by atoms with Crippen molar-refractivity contribution in [2.45, 2.75) is 13.0 Å². The zero-order chi connectivity index (χ0) is 15.9. The van der Waals surface area contributed by atoms with Gasteiger partial charge in [0.2, 0.25) is 5.88 Å². The maximum Gasteiger partial charge on any atom is 0.323 e. The molecule has 0 spiro atoms. The number of ether oxygens (including phenoxy) is 1. The topological polar surface area (TPSA) is 67.6 Å². The minimum Gasteiger partial charge on any atom is -0.472 e. The number of halogens is 2. The average Bonchev–Trinajstić information content (AvgIpc) is 2.98. The van der Waals surface area contributed by atoms with Crippen LogP contribution in [0, 0.1) is 0 Å². The molecule has 0 saturated carbocycles. The van der Waals surface area contributed by atoms with E-state index < -0.39 is 19.1 Å². The summed E-state index contributed by atoms with van der Waals surface area (Å²) in [6, 6.07) is 7.59. The number of amides is 2. The van der Waals surface area contributed by atoms with E-state index in [4.69, 9.17) is 9.15 Å². The van der Waals surface area contributed by atoms with Crippen LogP contribution in [-0.4, -0.2) is 36.0 Å². The quantitative estimate of drug-likeness (QED) is 0.890. The molecule has 22 heavy (non-hydrogen) atoms. The third-order valence-corrected chi connectivity index (χ3v) is 2.64. The van der Waals surface area contributed by atoms with Crippen molar-refractivity contribution in [3.05, 3.63) is 42.4 Å². The first-order valence-corrected chi connectivity index (χ1v) is 6.47. The number of anilines is 1. The zero-order valence-corrected chi connectivity index (χ0v) is 11.8. The lowest BCUT2D eigenvalue weighted by Crippen LogP contribution is -2.31. The number of carbonyl (C=O) groups excluding carboxylic acids is 1. The van der Waals surface area contributed by atoms with E-state index in [0.29, 0.717) is 12.3 Å². The number of aromatic nitrogens is 1.